The van der Waals surface area contributed by atoms with Crippen LogP contribution < -0.4 is 0 Å². The van der Waals surface area contributed by atoms with Gasteiger partial charge in [-0.3, -0.25) is 4.79 Å². The molecule has 1 atom stereocenters. The summed E-state index contributed by atoms with van der Waals surface area (Å²) in [7, 11) is 0. The van der Waals surface area contributed by atoms with E-state index in [9.17, 15) is 4.79 Å². The lowest BCUT2D eigenvalue weighted by Gasteiger charge is -2.12. The van der Waals surface area contributed by atoms with Crippen molar-refractivity contribution in [2.75, 3.05) is 0 Å². The summed E-state index contributed by atoms with van der Waals surface area (Å²) in [6, 6.07) is 3.82. The Morgan fingerprint density at radius 3 is 2.50 bits per heavy atom. The topological polar surface area (TPSA) is 17.1 Å². The van der Waals surface area contributed by atoms with Crippen molar-refractivity contribution in [3.8, 4) is 0 Å². The molecule has 2 heteroatoms. The van der Waals surface area contributed by atoms with E-state index in [0.29, 0.717) is 5.92 Å². The van der Waals surface area contributed by atoms with E-state index < -0.39 is 0 Å². The molecule has 1 fully saturated rings. The maximum absolute atomic E-state index is 12.3. The number of carbonyl (C=O) groups excluding carboxylic acids is 1. The molecular formula is C14H17ClO. The molecule has 1 aromatic carbocycles. The van der Waals surface area contributed by atoms with Crippen molar-refractivity contribution in [1.29, 1.82) is 0 Å². The van der Waals surface area contributed by atoms with Gasteiger partial charge in [0.15, 0.2) is 5.78 Å². The molecule has 86 valence electrons. The highest BCUT2D eigenvalue weighted by molar-refractivity contribution is 6.31. The molecule has 0 aliphatic heterocycles. The molecule has 0 bridgehead atoms. The van der Waals surface area contributed by atoms with E-state index in [-0.39, 0.29) is 11.7 Å². The standard InChI is InChI=1S/C14H17ClO/c1-8-7-13(15)9(2)6-12(8)14(16)10(3)11-4-5-11/h6-7,10-11H,4-5H2,1-3H3. The highest BCUT2D eigenvalue weighted by atomic mass is 35.5. The van der Waals surface area contributed by atoms with Gasteiger partial charge in [0.2, 0.25) is 0 Å². The number of benzene rings is 1. The Morgan fingerprint density at radius 1 is 1.31 bits per heavy atom. The molecule has 1 aliphatic carbocycles. The van der Waals surface area contributed by atoms with Gasteiger partial charge in [-0.2, -0.15) is 0 Å². The fraction of sp³-hybridized carbons (Fsp3) is 0.500. The fourth-order valence-electron chi connectivity index (χ4n) is 2.10. The van der Waals surface area contributed by atoms with Crippen LogP contribution in [0, 0.1) is 25.7 Å². The zero-order valence-corrected chi connectivity index (χ0v) is 10.8. The number of Topliss-reactive ketones (excluding diaryl/α,β-unsaturated/α-hetero) is 1. The second-order valence-corrected chi connectivity index (χ2v) is 5.31. The van der Waals surface area contributed by atoms with E-state index in [4.69, 9.17) is 11.6 Å². The summed E-state index contributed by atoms with van der Waals surface area (Å²) in [6.07, 6.45) is 2.41. The second kappa shape index (κ2) is 4.21. The first-order valence-corrected chi connectivity index (χ1v) is 6.19. The number of aryl methyl sites for hydroxylation is 2. The molecule has 16 heavy (non-hydrogen) atoms. The lowest BCUT2D eigenvalue weighted by molar-refractivity contribution is 0.0915. The molecule has 1 unspecified atom stereocenters. The van der Waals surface area contributed by atoms with Crippen LogP contribution in [-0.4, -0.2) is 5.78 Å². The Labute approximate surface area is 102 Å². The van der Waals surface area contributed by atoms with Crippen LogP contribution in [0.1, 0.15) is 41.3 Å². The minimum absolute atomic E-state index is 0.166. The van der Waals surface area contributed by atoms with Crippen molar-refractivity contribution in [2.24, 2.45) is 11.8 Å². The summed E-state index contributed by atoms with van der Waals surface area (Å²) in [5, 5.41) is 0.744. The van der Waals surface area contributed by atoms with Gasteiger partial charge in [0.1, 0.15) is 0 Å². The zero-order chi connectivity index (χ0) is 11.9. The lowest BCUT2D eigenvalue weighted by atomic mass is 9.91. The van der Waals surface area contributed by atoms with Crippen LogP contribution in [0.15, 0.2) is 12.1 Å². The second-order valence-electron chi connectivity index (χ2n) is 4.91. The fourth-order valence-corrected chi connectivity index (χ4v) is 2.32. The van der Waals surface area contributed by atoms with Crippen molar-refractivity contribution < 1.29 is 4.79 Å². The first-order valence-electron chi connectivity index (χ1n) is 5.81. The average Bonchev–Trinajstić information content (AvgIpc) is 3.05. The predicted molar refractivity (Wildman–Crippen MR) is 67.1 cm³/mol. The van der Waals surface area contributed by atoms with Crippen molar-refractivity contribution in [2.45, 2.75) is 33.6 Å². The summed E-state index contributed by atoms with van der Waals surface area (Å²) in [5.74, 6) is 1.06. The van der Waals surface area contributed by atoms with E-state index in [1.807, 2.05) is 32.9 Å². The van der Waals surface area contributed by atoms with Gasteiger partial charge >= 0.3 is 0 Å². The molecule has 0 aromatic heterocycles. The molecule has 0 heterocycles. The monoisotopic (exact) mass is 236 g/mol. The van der Waals surface area contributed by atoms with Gasteiger partial charge in [-0.05, 0) is 55.9 Å². The predicted octanol–water partition coefficient (Wildman–Crippen LogP) is 4.19. The molecule has 1 aliphatic rings. The van der Waals surface area contributed by atoms with E-state index in [0.717, 1.165) is 21.7 Å². The van der Waals surface area contributed by atoms with Crippen molar-refractivity contribution in [1.82, 2.24) is 0 Å². The van der Waals surface area contributed by atoms with Crippen LogP contribution >= 0.6 is 11.6 Å². The number of hydrogen-bond donors (Lipinski definition) is 0. The summed E-state index contributed by atoms with van der Waals surface area (Å²) in [5.41, 5.74) is 2.83. The van der Waals surface area contributed by atoms with Gasteiger partial charge in [0.25, 0.3) is 0 Å². The summed E-state index contributed by atoms with van der Waals surface area (Å²) < 4.78 is 0. The number of carbonyl (C=O) groups is 1. The molecule has 0 amide bonds. The molecule has 1 nitrogen and oxygen atoms in total. The normalized spacial score (nSPS) is 17.2. The highest BCUT2D eigenvalue weighted by Crippen LogP contribution is 2.38. The molecular weight excluding hydrogens is 220 g/mol. The Hall–Kier alpha value is -0.820. The zero-order valence-electron chi connectivity index (χ0n) is 10.0. The van der Waals surface area contributed by atoms with Crippen LogP contribution in [0.4, 0.5) is 0 Å². The van der Waals surface area contributed by atoms with E-state index in [1.165, 1.54) is 12.8 Å². The van der Waals surface area contributed by atoms with Crippen molar-refractivity contribution >= 4 is 17.4 Å². The minimum Gasteiger partial charge on any atom is -0.294 e. The van der Waals surface area contributed by atoms with Crippen LogP contribution in [-0.2, 0) is 0 Å². The smallest absolute Gasteiger partial charge is 0.166 e. The van der Waals surface area contributed by atoms with Crippen molar-refractivity contribution in [3.05, 3.63) is 33.8 Å². The lowest BCUT2D eigenvalue weighted by Crippen LogP contribution is -2.14. The van der Waals surface area contributed by atoms with Crippen LogP contribution in [0.25, 0.3) is 0 Å². The van der Waals surface area contributed by atoms with Gasteiger partial charge in [0, 0.05) is 16.5 Å². The van der Waals surface area contributed by atoms with Gasteiger partial charge < -0.3 is 0 Å². The number of rotatable bonds is 3. The first-order chi connectivity index (χ1) is 7.50. The van der Waals surface area contributed by atoms with Crippen LogP contribution in [0.3, 0.4) is 0 Å². The molecule has 0 N–H and O–H groups in total. The van der Waals surface area contributed by atoms with Crippen LogP contribution in [0.2, 0.25) is 5.02 Å². The highest BCUT2D eigenvalue weighted by Gasteiger charge is 2.33. The molecule has 1 saturated carbocycles. The Bertz CT molecular complexity index is 433. The molecule has 0 saturated heterocycles. The number of halogens is 1. The third kappa shape index (κ3) is 2.15. The largest absolute Gasteiger partial charge is 0.294 e. The summed E-state index contributed by atoms with van der Waals surface area (Å²) in [4.78, 5) is 12.3. The number of hydrogen-bond acceptors (Lipinski definition) is 1. The van der Waals surface area contributed by atoms with E-state index >= 15 is 0 Å². The first kappa shape index (κ1) is 11.7. The Balaban J connectivity index is 2.32. The molecule has 0 radical (unpaired) electrons. The van der Waals surface area contributed by atoms with E-state index in [2.05, 4.69) is 0 Å². The van der Waals surface area contributed by atoms with E-state index in [1.54, 1.807) is 0 Å². The molecule has 1 aromatic rings. The SMILES string of the molecule is Cc1cc(C(=O)C(C)C2CC2)c(C)cc1Cl. The van der Waals surface area contributed by atoms with Gasteiger partial charge in [-0.15, -0.1) is 0 Å². The summed E-state index contributed by atoms with van der Waals surface area (Å²) in [6.45, 7) is 5.95. The Kier molecular flexibility index (Phi) is 3.07. The van der Waals surface area contributed by atoms with Crippen LogP contribution in [0.5, 0.6) is 0 Å². The van der Waals surface area contributed by atoms with Crippen molar-refractivity contribution in [3.63, 3.8) is 0 Å². The maximum atomic E-state index is 12.3. The summed E-state index contributed by atoms with van der Waals surface area (Å²) >= 11 is 6.03. The number of ketones is 1. The minimum atomic E-state index is 0.166. The average molecular weight is 237 g/mol. The third-order valence-electron chi connectivity index (χ3n) is 3.51. The van der Waals surface area contributed by atoms with Gasteiger partial charge in [-0.1, -0.05) is 18.5 Å². The molecule has 2 rings (SSSR count). The quantitative estimate of drug-likeness (QED) is 0.720. The Morgan fingerprint density at radius 2 is 1.94 bits per heavy atom. The third-order valence-corrected chi connectivity index (χ3v) is 3.92. The maximum Gasteiger partial charge on any atom is 0.166 e. The molecule has 0 spiro atoms. The van der Waals surface area contributed by atoms with Gasteiger partial charge in [0.05, 0.1) is 0 Å². The van der Waals surface area contributed by atoms with Gasteiger partial charge in [-0.25, -0.2) is 0 Å².